The summed E-state index contributed by atoms with van der Waals surface area (Å²) < 4.78 is 28.2. The minimum atomic E-state index is -4.29. The maximum Gasteiger partial charge on any atom is 0.289 e. The molecule has 4 rings (SSSR count). The maximum atomic E-state index is 13.2. The molecule has 3 aromatic carbocycles. The number of hydrogen-bond donors (Lipinski definition) is 1. The Bertz CT molecular complexity index is 1270. The summed E-state index contributed by atoms with van der Waals surface area (Å²) in [6, 6.07) is 21.3. The number of rotatable bonds is 6. The van der Waals surface area contributed by atoms with Gasteiger partial charge in [-0.25, -0.2) is 8.42 Å². The number of anilines is 2. The lowest BCUT2D eigenvalue weighted by Gasteiger charge is -2.36. The van der Waals surface area contributed by atoms with Crippen molar-refractivity contribution < 1.29 is 18.1 Å². The molecule has 1 heterocycles. The van der Waals surface area contributed by atoms with Crippen molar-refractivity contribution in [2.24, 2.45) is 0 Å². The van der Waals surface area contributed by atoms with Crippen molar-refractivity contribution in [1.82, 2.24) is 4.90 Å². The molecule has 0 atom stereocenters. The maximum absolute atomic E-state index is 13.2. The van der Waals surface area contributed by atoms with Gasteiger partial charge in [-0.05, 0) is 30.3 Å². The van der Waals surface area contributed by atoms with Crippen LogP contribution in [0.4, 0.5) is 17.1 Å². The number of benzene rings is 3. The molecule has 1 amide bonds. The molecule has 0 bridgehead atoms. The number of nitrogens with one attached hydrogen (secondary N) is 1. The van der Waals surface area contributed by atoms with Gasteiger partial charge in [0.2, 0.25) is 0 Å². The molecule has 170 valence electrons. The molecule has 0 radical (unpaired) electrons. The van der Waals surface area contributed by atoms with E-state index in [0.717, 1.165) is 17.8 Å². The Morgan fingerprint density at radius 2 is 1.45 bits per heavy atom. The monoisotopic (exact) mass is 466 g/mol. The van der Waals surface area contributed by atoms with Crippen LogP contribution in [0.3, 0.4) is 0 Å². The van der Waals surface area contributed by atoms with Crippen LogP contribution >= 0.6 is 0 Å². The van der Waals surface area contributed by atoms with E-state index in [-0.39, 0.29) is 17.2 Å². The second-order valence-electron chi connectivity index (χ2n) is 7.49. The van der Waals surface area contributed by atoms with Gasteiger partial charge in [0.15, 0.2) is 4.90 Å². The van der Waals surface area contributed by atoms with E-state index in [9.17, 15) is 23.3 Å². The zero-order chi connectivity index (χ0) is 23.4. The number of nitro groups is 1. The Balaban J connectivity index is 1.54. The van der Waals surface area contributed by atoms with Crippen LogP contribution in [0.5, 0.6) is 0 Å². The van der Waals surface area contributed by atoms with Crippen LogP contribution in [0.1, 0.15) is 10.4 Å². The van der Waals surface area contributed by atoms with Gasteiger partial charge in [0, 0.05) is 37.9 Å². The first kappa shape index (κ1) is 22.3. The van der Waals surface area contributed by atoms with Crippen molar-refractivity contribution in [3.05, 3.63) is 94.5 Å². The molecule has 33 heavy (non-hydrogen) atoms. The highest BCUT2D eigenvalue weighted by Crippen LogP contribution is 2.27. The highest BCUT2D eigenvalue weighted by Gasteiger charge is 2.28. The van der Waals surface area contributed by atoms with Crippen molar-refractivity contribution in [2.45, 2.75) is 4.90 Å². The molecule has 1 aliphatic heterocycles. The quantitative estimate of drug-likeness (QED) is 0.440. The Labute approximate surface area is 191 Å². The fourth-order valence-corrected chi connectivity index (χ4v) is 5.02. The molecular formula is C23H22N4O5S. The predicted octanol–water partition coefficient (Wildman–Crippen LogP) is 3.36. The van der Waals surface area contributed by atoms with Crippen LogP contribution in [0.15, 0.2) is 83.8 Å². The van der Waals surface area contributed by atoms with E-state index < -0.39 is 25.5 Å². The smallest absolute Gasteiger partial charge is 0.289 e. The molecule has 10 heteroatoms. The normalized spacial score (nSPS) is 14.1. The van der Waals surface area contributed by atoms with Gasteiger partial charge in [-0.1, -0.05) is 42.5 Å². The van der Waals surface area contributed by atoms with Gasteiger partial charge in [-0.15, -0.1) is 0 Å². The lowest BCUT2D eigenvalue weighted by molar-refractivity contribution is -0.387. The fourth-order valence-electron chi connectivity index (χ4n) is 3.77. The van der Waals surface area contributed by atoms with E-state index in [1.54, 1.807) is 23.1 Å². The molecule has 1 saturated heterocycles. The van der Waals surface area contributed by atoms with E-state index >= 15 is 0 Å². The van der Waals surface area contributed by atoms with Gasteiger partial charge in [-0.3, -0.25) is 19.6 Å². The van der Waals surface area contributed by atoms with Crippen LogP contribution in [0, 0.1) is 10.1 Å². The molecule has 1 fully saturated rings. The van der Waals surface area contributed by atoms with E-state index in [1.807, 2.05) is 30.3 Å². The topological polar surface area (TPSA) is 113 Å². The number of carbonyl (C=O) groups is 1. The van der Waals surface area contributed by atoms with Crippen LogP contribution in [0.2, 0.25) is 0 Å². The summed E-state index contributed by atoms with van der Waals surface area (Å²) in [5.41, 5.74) is 0.812. The van der Waals surface area contributed by atoms with Gasteiger partial charge in [0.25, 0.3) is 21.6 Å². The van der Waals surface area contributed by atoms with Crippen molar-refractivity contribution in [3.63, 3.8) is 0 Å². The molecule has 3 aromatic rings. The Morgan fingerprint density at radius 3 is 2.15 bits per heavy atom. The molecular weight excluding hydrogens is 444 g/mol. The third-order valence-electron chi connectivity index (χ3n) is 5.44. The molecule has 0 spiro atoms. The zero-order valence-electron chi connectivity index (χ0n) is 17.6. The van der Waals surface area contributed by atoms with E-state index in [0.29, 0.717) is 26.2 Å². The predicted molar refractivity (Wildman–Crippen MR) is 125 cm³/mol. The Hall–Kier alpha value is -3.92. The average Bonchev–Trinajstić information content (AvgIpc) is 2.84. The zero-order valence-corrected chi connectivity index (χ0v) is 18.4. The van der Waals surface area contributed by atoms with Crippen molar-refractivity contribution in [3.8, 4) is 0 Å². The second-order valence-corrected chi connectivity index (χ2v) is 9.14. The summed E-state index contributed by atoms with van der Waals surface area (Å²) in [6.45, 7) is 2.28. The van der Waals surface area contributed by atoms with Crippen molar-refractivity contribution in [2.75, 3.05) is 35.8 Å². The lowest BCUT2D eigenvalue weighted by atomic mass is 10.1. The first-order chi connectivity index (χ1) is 15.9. The highest BCUT2D eigenvalue weighted by atomic mass is 32.2. The largest absolute Gasteiger partial charge is 0.368 e. The lowest BCUT2D eigenvalue weighted by Crippen LogP contribution is -2.48. The van der Waals surface area contributed by atoms with Crippen LogP contribution < -0.4 is 9.62 Å². The van der Waals surface area contributed by atoms with E-state index in [1.165, 1.54) is 18.2 Å². The van der Waals surface area contributed by atoms with Crippen LogP contribution in [-0.2, 0) is 10.0 Å². The average molecular weight is 467 g/mol. The minimum Gasteiger partial charge on any atom is -0.368 e. The van der Waals surface area contributed by atoms with Crippen LogP contribution in [0.25, 0.3) is 0 Å². The standard InChI is InChI=1S/C23H22N4O5S/c28-23(26-16-14-25(15-17-26)18-8-2-1-3-9-18)19-10-4-5-11-20(19)24-33(31,32)22-13-7-6-12-21(22)27(29)30/h1-13,24H,14-17H2. The number of carbonyl (C=O) groups excluding carboxylic acids is 1. The number of sulfonamides is 1. The fraction of sp³-hybridized carbons (Fsp3) is 0.174. The molecule has 0 saturated carbocycles. The molecule has 0 aliphatic carbocycles. The molecule has 9 nitrogen and oxygen atoms in total. The van der Waals surface area contributed by atoms with Crippen molar-refractivity contribution >= 4 is 33.0 Å². The van der Waals surface area contributed by atoms with Gasteiger partial charge < -0.3 is 9.80 Å². The minimum absolute atomic E-state index is 0.0751. The summed E-state index contributed by atoms with van der Waals surface area (Å²) in [4.78, 5) is 27.2. The number of hydrogen-bond acceptors (Lipinski definition) is 6. The summed E-state index contributed by atoms with van der Waals surface area (Å²) in [6.07, 6.45) is 0. The summed E-state index contributed by atoms with van der Waals surface area (Å²) >= 11 is 0. The van der Waals surface area contributed by atoms with Crippen LogP contribution in [-0.4, -0.2) is 50.3 Å². The van der Waals surface area contributed by atoms with E-state index in [2.05, 4.69) is 9.62 Å². The molecule has 1 aliphatic rings. The number of amides is 1. The van der Waals surface area contributed by atoms with E-state index in [4.69, 9.17) is 0 Å². The third kappa shape index (κ3) is 4.80. The van der Waals surface area contributed by atoms with Gasteiger partial charge in [0.05, 0.1) is 16.2 Å². The SMILES string of the molecule is O=C(c1ccccc1NS(=O)(=O)c1ccccc1[N+](=O)[O-])N1CCN(c2ccccc2)CC1. The third-order valence-corrected chi connectivity index (χ3v) is 6.85. The Morgan fingerprint density at radius 1 is 0.848 bits per heavy atom. The highest BCUT2D eigenvalue weighted by molar-refractivity contribution is 7.92. The molecule has 0 unspecified atom stereocenters. The number of nitrogens with zero attached hydrogens (tertiary/aromatic N) is 3. The molecule has 1 N–H and O–H groups in total. The first-order valence-electron chi connectivity index (χ1n) is 10.3. The second kappa shape index (κ2) is 9.29. The number of para-hydroxylation sites is 3. The van der Waals surface area contributed by atoms with Gasteiger partial charge in [-0.2, -0.15) is 0 Å². The Kier molecular flexibility index (Phi) is 6.27. The summed E-state index contributed by atoms with van der Waals surface area (Å²) in [7, 11) is -4.29. The van der Waals surface area contributed by atoms with Gasteiger partial charge >= 0.3 is 0 Å². The number of piperazine rings is 1. The summed E-state index contributed by atoms with van der Waals surface area (Å²) in [5, 5.41) is 11.3. The molecule has 0 aromatic heterocycles. The summed E-state index contributed by atoms with van der Waals surface area (Å²) in [5.74, 6) is -0.302. The van der Waals surface area contributed by atoms with Crippen molar-refractivity contribution in [1.29, 1.82) is 0 Å². The first-order valence-corrected chi connectivity index (χ1v) is 11.8. The van der Waals surface area contributed by atoms with Gasteiger partial charge in [0.1, 0.15) is 0 Å². The number of nitro benzene ring substituents is 1.